The van der Waals surface area contributed by atoms with Gasteiger partial charge >= 0.3 is 0 Å². The number of nitrogens with zero attached hydrogens (tertiary/aromatic N) is 4. The van der Waals surface area contributed by atoms with Gasteiger partial charge < -0.3 is 4.90 Å². The number of H-pyrrole nitrogens is 1. The molecule has 4 rings (SSSR count). The Morgan fingerprint density at radius 2 is 1.67 bits per heavy atom. The van der Waals surface area contributed by atoms with Gasteiger partial charge in [-0.2, -0.15) is 10.2 Å². The Balaban J connectivity index is 0.000000166. The highest BCUT2D eigenvalue weighted by molar-refractivity contribution is 14.1. The van der Waals surface area contributed by atoms with Crippen LogP contribution in [-0.4, -0.2) is 45.5 Å². The molecule has 5 nitrogen and oxygen atoms in total. The van der Waals surface area contributed by atoms with E-state index in [9.17, 15) is 0 Å². The molecular weight excluding hydrogens is 564 g/mol. The number of rotatable bonds is 3. The van der Waals surface area contributed by atoms with Gasteiger partial charge in [0, 0.05) is 17.3 Å². The smallest absolute Gasteiger partial charge is 0.131 e. The molecule has 0 aliphatic heterocycles. The molecule has 4 aromatic rings. The van der Waals surface area contributed by atoms with Gasteiger partial charge in [-0.15, -0.1) is 0 Å². The molecule has 0 aliphatic carbocycles. The van der Waals surface area contributed by atoms with Crippen LogP contribution in [0.5, 0.6) is 0 Å². The second kappa shape index (κ2) is 8.87. The second-order valence-corrected chi connectivity index (χ2v) is 9.00. The maximum absolute atomic E-state index is 4.58. The summed E-state index contributed by atoms with van der Waals surface area (Å²) in [5.41, 5.74) is 4.83. The molecule has 0 fully saturated rings. The largest absolute Gasteiger partial charge is 0.308 e. The van der Waals surface area contributed by atoms with Gasteiger partial charge in [-0.05, 0) is 109 Å². The third-order valence-electron chi connectivity index (χ3n) is 4.29. The van der Waals surface area contributed by atoms with Gasteiger partial charge in [0.15, 0.2) is 0 Å². The minimum absolute atomic E-state index is 0.940. The van der Waals surface area contributed by atoms with E-state index in [0.717, 1.165) is 26.0 Å². The summed E-state index contributed by atoms with van der Waals surface area (Å²) in [5, 5.41) is 14.1. The standard InChI is InChI=1S/C12H16IN3.C8H7IN2/c1-9-4-5-10-11(8-9)16(14-12(10)13)7-6-15(2)3;1-5-2-3-6-7(4-5)10-11-8(6)9/h4-5,8H,6-7H2,1-3H3;2-4H,1H3,(H,10,11). The predicted molar refractivity (Wildman–Crippen MR) is 129 cm³/mol. The van der Waals surface area contributed by atoms with E-state index in [1.165, 1.54) is 27.4 Å². The molecule has 0 atom stereocenters. The number of hydrogen-bond acceptors (Lipinski definition) is 3. The van der Waals surface area contributed by atoms with Gasteiger partial charge in [0.05, 0.1) is 17.6 Å². The Morgan fingerprint density at radius 1 is 1.00 bits per heavy atom. The zero-order valence-electron chi connectivity index (χ0n) is 15.9. The molecule has 0 saturated carbocycles. The number of aromatic amines is 1. The highest BCUT2D eigenvalue weighted by Crippen LogP contribution is 2.21. The van der Waals surface area contributed by atoms with Crippen LogP contribution in [-0.2, 0) is 6.54 Å². The SMILES string of the molecule is Cc1ccc2c(I)[nH]nc2c1.Cc1ccc2c(I)nn(CCN(C)C)c2c1. The second-order valence-electron chi connectivity index (χ2n) is 6.90. The van der Waals surface area contributed by atoms with Gasteiger partial charge in [0.2, 0.25) is 0 Å². The van der Waals surface area contributed by atoms with E-state index in [2.05, 4.69) is 134 Å². The fourth-order valence-electron chi connectivity index (χ4n) is 2.80. The Labute approximate surface area is 186 Å². The van der Waals surface area contributed by atoms with Crippen LogP contribution in [0.3, 0.4) is 0 Å². The molecule has 0 bridgehead atoms. The van der Waals surface area contributed by atoms with E-state index < -0.39 is 0 Å². The van der Waals surface area contributed by atoms with Gasteiger partial charge in [0.1, 0.15) is 7.40 Å². The van der Waals surface area contributed by atoms with E-state index in [1.807, 2.05) is 0 Å². The van der Waals surface area contributed by atoms with Gasteiger partial charge in [0.25, 0.3) is 0 Å². The van der Waals surface area contributed by atoms with Crippen molar-refractivity contribution in [2.45, 2.75) is 20.4 Å². The number of nitrogens with one attached hydrogen (secondary N) is 1. The minimum Gasteiger partial charge on any atom is -0.308 e. The van der Waals surface area contributed by atoms with Crippen molar-refractivity contribution in [1.82, 2.24) is 24.9 Å². The molecule has 0 spiro atoms. The molecule has 2 aromatic heterocycles. The number of benzene rings is 2. The van der Waals surface area contributed by atoms with Crippen LogP contribution in [0.4, 0.5) is 0 Å². The summed E-state index contributed by atoms with van der Waals surface area (Å²) in [6.45, 7) is 6.15. The van der Waals surface area contributed by atoms with Crippen LogP contribution in [0.2, 0.25) is 0 Å². The summed E-state index contributed by atoms with van der Waals surface area (Å²) in [7, 11) is 4.17. The fourth-order valence-corrected chi connectivity index (χ4v) is 4.09. The molecule has 2 heterocycles. The molecule has 1 N–H and O–H groups in total. The molecule has 0 saturated heterocycles. The maximum Gasteiger partial charge on any atom is 0.131 e. The summed E-state index contributed by atoms with van der Waals surface area (Å²) in [6, 6.07) is 12.8. The van der Waals surface area contributed by atoms with Crippen molar-refractivity contribution in [3.8, 4) is 0 Å². The quantitative estimate of drug-likeness (QED) is 0.344. The lowest BCUT2D eigenvalue weighted by Gasteiger charge is -2.09. The van der Waals surface area contributed by atoms with Crippen molar-refractivity contribution >= 4 is 67.0 Å². The van der Waals surface area contributed by atoms with E-state index in [-0.39, 0.29) is 0 Å². The lowest BCUT2D eigenvalue weighted by atomic mass is 10.2. The first-order valence-electron chi connectivity index (χ1n) is 8.73. The Morgan fingerprint density at radius 3 is 2.37 bits per heavy atom. The van der Waals surface area contributed by atoms with Crippen LogP contribution >= 0.6 is 45.2 Å². The van der Waals surface area contributed by atoms with Crippen molar-refractivity contribution < 1.29 is 0 Å². The zero-order chi connectivity index (χ0) is 19.6. The molecule has 0 amide bonds. The van der Waals surface area contributed by atoms with Crippen molar-refractivity contribution in [1.29, 1.82) is 0 Å². The van der Waals surface area contributed by atoms with Crippen LogP contribution in [0.15, 0.2) is 36.4 Å². The van der Waals surface area contributed by atoms with E-state index in [4.69, 9.17) is 0 Å². The molecule has 7 heteroatoms. The zero-order valence-corrected chi connectivity index (χ0v) is 20.2. The average molecular weight is 587 g/mol. The monoisotopic (exact) mass is 587 g/mol. The van der Waals surface area contributed by atoms with Gasteiger partial charge in [-0.1, -0.05) is 12.1 Å². The summed E-state index contributed by atoms with van der Waals surface area (Å²) < 4.78 is 4.30. The number of fused-ring (bicyclic) bond motifs is 2. The van der Waals surface area contributed by atoms with Crippen molar-refractivity contribution in [2.24, 2.45) is 0 Å². The highest BCUT2D eigenvalue weighted by Gasteiger charge is 2.08. The number of aryl methyl sites for hydroxylation is 2. The van der Waals surface area contributed by atoms with E-state index >= 15 is 0 Å². The number of halogens is 2. The minimum atomic E-state index is 0.940. The third-order valence-corrected chi connectivity index (χ3v) is 5.90. The number of likely N-dealkylation sites (N-methyl/N-ethyl adjacent to an activating group) is 1. The Hall–Kier alpha value is -1.20. The molecular formula is C20H23I2N5. The van der Waals surface area contributed by atoms with Crippen LogP contribution in [0, 0.1) is 21.2 Å². The van der Waals surface area contributed by atoms with Crippen LogP contribution in [0.25, 0.3) is 21.8 Å². The normalized spacial score (nSPS) is 11.2. The molecule has 2 aromatic carbocycles. The summed E-state index contributed by atoms with van der Waals surface area (Å²) in [6.07, 6.45) is 0. The fraction of sp³-hybridized carbons (Fsp3) is 0.300. The van der Waals surface area contributed by atoms with Gasteiger partial charge in [-0.3, -0.25) is 9.78 Å². The van der Waals surface area contributed by atoms with Crippen LogP contribution in [0.1, 0.15) is 11.1 Å². The topological polar surface area (TPSA) is 49.7 Å². The highest BCUT2D eigenvalue weighted by atomic mass is 127. The summed E-state index contributed by atoms with van der Waals surface area (Å²) in [5.74, 6) is 0. The van der Waals surface area contributed by atoms with Crippen LogP contribution < -0.4 is 0 Å². The Kier molecular flexibility index (Phi) is 6.74. The Bertz CT molecular complexity index is 1070. The lowest BCUT2D eigenvalue weighted by Crippen LogP contribution is -2.19. The number of aromatic nitrogens is 4. The lowest BCUT2D eigenvalue weighted by molar-refractivity contribution is 0.376. The molecule has 0 aliphatic rings. The van der Waals surface area contributed by atoms with Crippen molar-refractivity contribution in [2.75, 3.05) is 20.6 Å². The predicted octanol–water partition coefficient (Wildman–Crippen LogP) is 4.99. The molecule has 142 valence electrons. The van der Waals surface area contributed by atoms with Crippen molar-refractivity contribution in [3.63, 3.8) is 0 Å². The average Bonchev–Trinajstić information content (AvgIpc) is 3.13. The first-order valence-corrected chi connectivity index (χ1v) is 10.9. The summed E-state index contributed by atoms with van der Waals surface area (Å²) >= 11 is 4.55. The molecule has 0 radical (unpaired) electrons. The summed E-state index contributed by atoms with van der Waals surface area (Å²) in [4.78, 5) is 2.18. The number of hydrogen-bond donors (Lipinski definition) is 1. The molecule has 0 unspecified atom stereocenters. The van der Waals surface area contributed by atoms with Crippen molar-refractivity contribution in [3.05, 3.63) is 54.9 Å². The maximum atomic E-state index is 4.58. The van der Waals surface area contributed by atoms with Gasteiger partial charge in [-0.25, -0.2) is 0 Å². The third kappa shape index (κ3) is 5.00. The van der Waals surface area contributed by atoms with E-state index in [1.54, 1.807) is 0 Å². The first-order chi connectivity index (χ1) is 12.8. The van der Waals surface area contributed by atoms with E-state index in [0.29, 0.717) is 0 Å². The first kappa shape index (κ1) is 20.5. The molecule has 27 heavy (non-hydrogen) atoms.